The molecule has 3 heterocycles. The van der Waals surface area contributed by atoms with Crippen molar-refractivity contribution in [1.29, 1.82) is 0 Å². The monoisotopic (exact) mass is 415 g/mol. The Morgan fingerprint density at radius 2 is 1.83 bits per heavy atom. The number of carbonyl (C=O) groups excluding carboxylic acids is 1. The van der Waals surface area contributed by atoms with Gasteiger partial charge < -0.3 is 9.80 Å². The molecular weight excluding hydrogens is 394 g/mol. The summed E-state index contributed by atoms with van der Waals surface area (Å²) in [4.78, 5) is 25.4. The van der Waals surface area contributed by atoms with E-state index in [2.05, 4.69) is 20.3 Å². The van der Waals surface area contributed by atoms with Crippen LogP contribution >= 0.6 is 0 Å². The van der Waals surface area contributed by atoms with Crippen molar-refractivity contribution in [2.75, 3.05) is 37.3 Å². The standard InChI is InChI=1S/C18H21N7O3S/c1-3-25-17-15(21-22-25)16(19-12-20-17)23-8-10-24(11-9-23)18(26)13-6-4-5-7-14(13)29(2,27)28/h4-7,12H,3,8-11H2,1-2H3. The van der Waals surface area contributed by atoms with Crippen LogP contribution in [0.15, 0.2) is 35.5 Å². The second-order valence-corrected chi connectivity index (χ2v) is 8.81. The minimum absolute atomic E-state index is 0.0566. The van der Waals surface area contributed by atoms with E-state index in [1.807, 2.05) is 11.8 Å². The predicted molar refractivity (Wildman–Crippen MR) is 106 cm³/mol. The summed E-state index contributed by atoms with van der Waals surface area (Å²) in [5.74, 6) is 0.411. The van der Waals surface area contributed by atoms with Crippen LogP contribution in [0.3, 0.4) is 0 Å². The predicted octanol–water partition coefficient (Wildman–Crippen LogP) is 0.607. The van der Waals surface area contributed by atoms with E-state index in [0.29, 0.717) is 49.7 Å². The highest BCUT2D eigenvalue weighted by Crippen LogP contribution is 2.23. The Morgan fingerprint density at radius 1 is 1.10 bits per heavy atom. The lowest BCUT2D eigenvalue weighted by atomic mass is 10.2. The molecule has 1 amide bonds. The van der Waals surface area contributed by atoms with Crippen molar-refractivity contribution >= 4 is 32.7 Å². The Balaban J connectivity index is 1.54. The molecule has 10 nitrogen and oxygen atoms in total. The molecule has 1 saturated heterocycles. The number of anilines is 1. The third kappa shape index (κ3) is 3.53. The van der Waals surface area contributed by atoms with Gasteiger partial charge in [0.2, 0.25) is 0 Å². The number of aromatic nitrogens is 5. The average Bonchev–Trinajstić information content (AvgIpc) is 3.16. The molecule has 1 aromatic carbocycles. The molecule has 1 aliphatic heterocycles. The minimum atomic E-state index is -3.49. The summed E-state index contributed by atoms with van der Waals surface area (Å²) in [6.07, 6.45) is 2.61. The number of carbonyl (C=O) groups is 1. The molecule has 4 rings (SSSR count). The summed E-state index contributed by atoms with van der Waals surface area (Å²) >= 11 is 0. The van der Waals surface area contributed by atoms with Crippen LogP contribution in [0.2, 0.25) is 0 Å². The summed E-state index contributed by atoms with van der Waals surface area (Å²) in [5, 5.41) is 8.30. The fraction of sp³-hybridized carbons (Fsp3) is 0.389. The number of aryl methyl sites for hydroxylation is 1. The highest BCUT2D eigenvalue weighted by atomic mass is 32.2. The van der Waals surface area contributed by atoms with E-state index in [1.54, 1.807) is 27.8 Å². The summed E-state index contributed by atoms with van der Waals surface area (Å²) < 4.78 is 25.8. The summed E-state index contributed by atoms with van der Waals surface area (Å²) in [6, 6.07) is 6.32. The Hall–Kier alpha value is -3.08. The fourth-order valence-electron chi connectivity index (χ4n) is 3.48. The number of piperazine rings is 1. The fourth-order valence-corrected chi connectivity index (χ4v) is 4.36. The van der Waals surface area contributed by atoms with Crippen LogP contribution in [-0.2, 0) is 16.4 Å². The lowest BCUT2D eigenvalue weighted by Crippen LogP contribution is -2.49. The molecule has 0 unspecified atom stereocenters. The Bertz CT molecular complexity index is 1170. The molecular formula is C18H21N7O3S. The van der Waals surface area contributed by atoms with Gasteiger partial charge in [0, 0.05) is 39.0 Å². The van der Waals surface area contributed by atoms with E-state index in [1.165, 1.54) is 12.4 Å². The third-order valence-electron chi connectivity index (χ3n) is 4.96. The number of nitrogens with zero attached hydrogens (tertiary/aromatic N) is 7. The number of sulfone groups is 1. The smallest absolute Gasteiger partial charge is 0.255 e. The number of benzene rings is 1. The average molecular weight is 415 g/mol. The van der Waals surface area contributed by atoms with Gasteiger partial charge in [-0.2, -0.15) is 0 Å². The van der Waals surface area contributed by atoms with Crippen LogP contribution in [0.25, 0.3) is 11.2 Å². The zero-order valence-corrected chi connectivity index (χ0v) is 17.0. The number of rotatable bonds is 4. The van der Waals surface area contributed by atoms with Crippen LogP contribution < -0.4 is 4.90 Å². The molecule has 0 saturated carbocycles. The maximum absolute atomic E-state index is 13.0. The Labute approximate surface area is 168 Å². The van der Waals surface area contributed by atoms with E-state index in [-0.39, 0.29) is 16.4 Å². The first kappa shape index (κ1) is 19.2. The van der Waals surface area contributed by atoms with E-state index < -0.39 is 9.84 Å². The van der Waals surface area contributed by atoms with Crippen molar-refractivity contribution in [2.24, 2.45) is 0 Å². The van der Waals surface area contributed by atoms with Gasteiger partial charge in [-0.3, -0.25) is 4.79 Å². The molecule has 29 heavy (non-hydrogen) atoms. The Morgan fingerprint density at radius 3 is 2.52 bits per heavy atom. The van der Waals surface area contributed by atoms with Gasteiger partial charge in [-0.1, -0.05) is 17.3 Å². The van der Waals surface area contributed by atoms with Crippen molar-refractivity contribution in [3.05, 3.63) is 36.2 Å². The third-order valence-corrected chi connectivity index (χ3v) is 6.12. The molecule has 3 aromatic rings. The highest BCUT2D eigenvalue weighted by molar-refractivity contribution is 7.90. The normalized spacial score (nSPS) is 15.1. The number of hydrogen-bond donors (Lipinski definition) is 0. The first-order valence-electron chi connectivity index (χ1n) is 9.27. The second kappa shape index (κ2) is 7.39. The SMILES string of the molecule is CCn1nnc2c(N3CCN(C(=O)c4ccccc4S(C)(=O)=O)CC3)ncnc21. The quantitative estimate of drug-likeness (QED) is 0.609. The summed E-state index contributed by atoms with van der Waals surface area (Å²) in [5.41, 5.74) is 1.52. The van der Waals surface area contributed by atoms with E-state index in [0.717, 1.165) is 6.26 Å². The van der Waals surface area contributed by atoms with Crippen molar-refractivity contribution in [3.63, 3.8) is 0 Å². The molecule has 0 spiro atoms. The Kier molecular flexibility index (Phi) is 4.91. The molecule has 11 heteroatoms. The molecule has 0 aliphatic carbocycles. The van der Waals surface area contributed by atoms with Crippen molar-refractivity contribution < 1.29 is 13.2 Å². The van der Waals surface area contributed by atoms with Crippen LogP contribution in [0.1, 0.15) is 17.3 Å². The molecule has 152 valence electrons. The summed E-state index contributed by atoms with van der Waals surface area (Å²) in [6.45, 7) is 4.63. The van der Waals surface area contributed by atoms with E-state index in [9.17, 15) is 13.2 Å². The minimum Gasteiger partial charge on any atom is -0.351 e. The van der Waals surface area contributed by atoms with Crippen LogP contribution in [-0.4, -0.2) is 76.6 Å². The maximum atomic E-state index is 13.0. The lowest BCUT2D eigenvalue weighted by Gasteiger charge is -2.35. The van der Waals surface area contributed by atoms with Gasteiger partial charge in [-0.25, -0.2) is 23.1 Å². The summed E-state index contributed by atoms with van der Waals surface area (Å²) in [7, 11) is -3.49. The molecule has 0 atom stereocenters. The topological polar surface area (TPSA) is 114 Å². The van der Waals surface area contributed by atoms with Crippen molar-refractivity contribution in [3.8, 4) is 0 Å². The highest BCUT2D eigenvalue weighted by Gasteiger charge is 2.27. The van der Waals surface area contributed by atoms with E-state index in [4.69, 9.17) is 0 Å². The van der Waals surface area contributed by atoms with Gasteiger partial charge in [-0.05, 0) is 19.1 Å². The van der Waals surface area contributed by atoms with Gasteiger partial charge in [0.25, 0.3) is 5.91 Å². The zero-order valence-electron chi connectivity index (χ0n) is 16.2. The van der Waals surface area contributed by atoms with Gasteiger partial charge in [0.15, 0.2) is 26.8 Å². The molecule has 1 fully saturated rings. The lowest BCUT2D eigenvalue weighted by molar-refractivity contribution is 0.0742. The second-order valence-electron chi connectivity index (χ2n) is 6.82. The first-order valence-corrected chi connectivity index (χ1v) is 11.2. The molecule has 0 N–H and O–H groups in total. The molecule has 0 bridgehead atoms. The van der Waals surface area contributed by atoms with Gasteiger partial charge >= 0.3 is 0 Å². The van der Waals surface area contributed by atoms with Crippen molar-refractivity contribution in [2.45, 2.75) is 18.4 Å². The van der Waals surface area contributed by atoms with Gasteiger partial charge in [0.05, 0.1) is 10.5 Å². The van der Waals surface area contributed by atoms with Crippen molar-refractivity contribution in [1.82, 2.24) is 29.9 Å². The number of amides is 1. The van der Waals surface area contributed by atoms with Crippen LogP contribution in [0, 0.1) is 0 Å². The molecule has 0 radical (unpaired) electrons. The molecule has 1 aliphatic rings. The number of fused-ring (bicyclic) bond motifs is 1. The number of hydrogen-bond acceptors (Lipinski definition) is 8. The zero-order chi connectivity index (χ0) is 20.6. The van der Waals surface area contributed by atoms with Gasteiger partial charge in [0.1, 0.15) is 6.33 Å². The van der Waals surface area contributed by atoms with E-state index >= 15 is 0 Å². The van der Waals surface area contributed by atoms with Crippen LogP contribution in [0.4, 0.5) is 5.82 Å². The first-order chi connectivity index (χ1) is 13.9. The largest absolute Gasteiger partial charge is 0.351 e. The molecule has 2 aromatic heterocycles. The maximum Gasteiger partial charge on any atom is 0.255 e. The van der Waals surface area contributed by atoms with Gasteiger partial charge in [-0.15, -0.1) is 5.10 Å². The van der Waals surface area contributed by atoms with Crippen LogP contribution in [0.5, 0.6) is 0 Å².